The summed E-state index contributed by atoms with van der Waals surface area (Å²) in [6.45, 7) is 4.63. The van der Waals surface area contributed by atoms with Gasteiger partial charge in [0.05, 0.1) is 6.21 Å². The fraction of sp³-hybridized carbons (Fsp3) is 0.375. The highest BCUT2D eigenvalue weighted by Gasteiger charge is 2.18. The van der Waals surface area contributed by atoms with Crippen LogP contribution in [-0.4, -0.2) is 42.6 Å². The predicted molar refractivity (Wildman–Crippen MR) is 120 cm³/mol. The zero-order valence-electron chi connectivity index (χ0n) is 17.6. The van der Waals surface area contributed by atoms with E-state index < -0.39 is 0 Å². The van der Waals surface area contributed by atoms with Crippen LogP contribution in [0, 0.1) is 0 Å². The fourth-order valence-electron chi connectivity index (χ4n) is 3.55. The molecule has 0 radical (unpaired) electrons. The molecule has 1 aliphatic heterocycles. The van der Waals surface area contributed by atoms with Crippen molar-refractivity contribution in [2.24, 2.45) is 5.10 Å². The molecule has 0 bridgehead atoms. The molecule has 6 nitrogen and oxygen atoms in total. The third-order valence-corrected chi connectivity index (χ3v) is 5.26. The third kappa shape index (κ3) is 6.44. The van der Waals surface area contributed by atoms with Gasteiger partial charge in [-0.3, -0.25) is 9.59 Å². The lowest BCUT2D eigenvalue weighted by molar-refractivity contribution is -0.135. The molecule has 2 amide bonds. The van der Waals surface area contributed by atoms with Gasteiger partial charge in [-0.05, 0) is 43.0 Å². The Morgan fingerprint density at radius 1 is 1.10 bits per heavy atom. The van der Waals surface area contributed by atoms with Gasteiger partial charge >= 0.3 is 0 Å². The first kappa shape index (κ1) is 21.6. The van der Waals surface area contributed by atoms with Crippen LogP contribution in [0.4, 0.5) is 5.69 Å². The molecule has 2 aromatic rings. The highest BCUT2D eigenvalue weighted by Crippen LogP contribution is 2.17. The van der Waals surface area contributed by atoms with E-state index >= 15 is 0 Å². The number of nitrogens with zero attached hydrogens (tertiary/aromatic N) is 3. The Labute approximate surface area is 178 Å². The fourth-order valence-corrected chi connectivity index (χ4v) is 3.55. The van der Waals surface area contributed by atoms with Gasteiger partial charge in [-0.25, -0.2) is 5.43 Å². The van der Waals surface area contributed by atoms with Gasteiger partial charge in [0.2, 0.25) is 5.91 Å². The number of rotatable bonds is 8. The quantitative estimate of drug-likeness (QED) is 0.538. The minimum Gasteiger partial charge on any atom is -0.367 e. The van der Waals surface area contributed by atoms with Gasteiger partial charge in [0, 0.05) is 31.7 Å². The van der Waals surface area contributed by atoms with E-state index in [0.717, 1.165) is 43.6 Å². The minimum atomic E-state index is -0.266. The van der Waals surface area contributed by atoms with Crippen molar-refractivity contribution in [2.45, 2.75) is 39.2 Å². The van der Waals surface area contributed by atoms with Crippen molar-refractivity contribution < 1.29 is 9.59 Å². The molecule has 0 aliphatic carbocycles. The van der Waals surface area contributed by atoms with Gasteiger partial charge in [-0.1, -0.05) is 48.9 Å². The van der Waals surface area contributed by atoms with Gasteiger partial charge in [-0.15, -0.1) is 0 Å². The lowest BCUT2D eigenvalue weighted by atomic mass is 10.1. The number of amides is 2. The zero-order chi connectivity index (χ0) is 21.2. The van der Waals surface area contributed by atoms with E-state index in [-0.39, 0.29) is 18.4 Å². The van der Waals surface area contributed by atoms with Crippen molar-refractivity contribution in [1.29, 1.82) is 0 Å². The van der Waals surface area contributed by atoms with E-state index in [1.54, 1.807) is 11.1 Å². The largest absolute Gasteiger partial charge is 0.367 e. The maximum absolute atomic E-state index is 12.1. The molecular formula is C24H30N4O2. The lowest BCUT2D eigenvalue weighted by Crippen LogP contribution is -2.39. The Morgan fingerprint density at radius 3 is 2.60 bits per heavy atom. The monoisotopic (exact) mass is 406 g/mol. The van der Waals surface area contributed by atoms with Crippen molar-refractivity contribution in [3.05, 3.63) is 65.7 Å². The summed E-state index contributed by atoms with van der Waals surface area (Å²) in [6.07, 6.45) is 5.06. The van der Waals surface area contributed by atoms with E-state index in [2.05, 4.69) is 58.7 Å². The Kier molecular flexibility index (Phi) is 8.01. The van der Waals surface area contributed by atoms with Gasteiger partial charge in [-0.2, -0.15) is 5.10 Å². The number of anilines is 1. The number of hydrazone groups is 1. The van der Waals surface area contributed by atoms with Crippen LogP contribution in [0.2, 0.25) is 0 Å². The predicted octanol–water partition coefficient (Wildman–Crippen LogP) is 3.57. The van der Waals surface area contributed by atoms with Crippen LogP contribution in [0.25, 0.3) is 0 Å². The van der Waals surface area contributed by atoms with Crippen LogP contribution in [0.3, 0.4) is 0 Å². The number of nitrogens with one attached hydrogen (secondary N) is 1. The standard InChI is InChI=1S/C24H30N4O2/c1-2-27(18-21-9-5-3-6-10-21)22-14-12-20(13-15-22)17-25-26-23(29)19-28-16-8-4-7-11-24(28)30/h3,5-6,9-10,12-15,17H,2,4,7-8,11,16,18-19H2,1H3,(H,26,29)/b25-17-. The molecule has 3 rings (SSSR count). The molecule has 1 aliphatic rings. The van der Waals surface area contributed by atoms with Gasteiger partial charge in [0.1, 0.15) is 6.54 Å². The third-order valence-electron chi connectivity index (χ3n) is 5.26. The number of likely N-dealkylation sites (tertiary alicyclic amines) is 1. The maximum Gasteiger partial charge on any atom is 0.259 e. The van der Waals surface area contributed by atoms with Crippen molar-refractivity contribution in [3.8, 4) is 0 Å². The topological polar surface area (TPSA) is 65.0 Å². The molecule has 1 heterocycles. The second-order valence-electron chi connectivity index (χ2n) is 7.51. The molecule has 1 fully saturated rings. The summed E-state index contributed by atoms with van der Waals surface area (Å²) in [4.78, 5) is 28.0. The summed E-state index contributed by atoms with van der Waals surface area (Å²) in [5, 5.41) is 4.04. The van der Waals surface area contributed by atoms with Crippen molar-refractivity contribution in [3.63, 3.8) is 0 Å². The summed E-state index contributed by atoms with van der Waals surface area (Å²) in [5.74, 6) is -0.212. The van der Waals surface area contributed by atoms with Crippen LogP contribution in [0.5, 0.6) is 0 Å². The van der Waals surface area contributed by atoms with Crippen LogP contribution < -0.4 is 10.3 Å². The number of hydrogen-bond acceptors (Lipinski definition) is 4. The van der Waals surface area contributed by atoms with Crippen LogP contribution in [0.1, 0.15) is 43.7 Å². The highest BCUT2D eigenvalue weighted by atomic mass is 16.2. The second-order valence-corrected chi connectivity index (χ2v) is 7.51. The second kappa shape index (κ2) is 11.1. The summed E-state index contributed by atoms with van der Waals surface area (Å²) >= 11 is 0. The van der Waals surface area contributed by atoms with E-state index in [1.807, 2.05) is 18.2 Å². The molecule has 1 N–H and O–H groups in total. The van der Waals surface area contributed by atoms with Gasteiger partial charge < -0.3 is 9.80 Å². The van der Waals surface area contributed by atoms with Gasteiger partial charge in [0.15, 0.2) is 0 Å². The average Bonchev–Trinajstić information content (AvgIpc) is 2.97. The van der Waals surface area contributed by atoms with E-state index in [9.17, 15) is 9.59 Å². The van der Waals surface area contributed by atoms with Crippen molar-refractivity contribution >= 4 is 23.7 Å². The number of hydrogen-bond donors (Lipinski definition) is 1. The van der Waals surface area contributed by atoms with Gasteiger partial charge in [0.25, 0.3) is 5.91 Å². The molecule has 30 heavy (non-hydrogen) atoms. The molecule has 6 heteroatoms. The maximum atomic E-state index is 12.1. The molecular weight excluding hydrogens is 376 g/mol. The summed E-state index contributed by atoms with van der Waals surface area (Å²) in [7, 11) is 0. The van der Waals surface area contributed by atoms with E-state index in [1.165, 1.54) is 5.56 Å². The van der Waals surface area contributed by atoms with Crippen LogP contribution in [-0.2, 0) is 16.1 Å². The normalized spacial score (nSPS) is 14.6. The Hall–Kier alpha value is -3.15. The SMILES string of the molecule is CCN(Cc1ccccc1)c1ccc(/C=N\NC(=O)CN2CCCCCC2=O)cc1. The first-order chi connectivity index (χ1) is 14.7. The minimum absolute atomic E-state index is 0.0539. The van der Waals surface area contributed by atoms with Crippen LogP contribution >= 0.6 is 0 Å². The molecule has 2 aromatic carbocycles. The molecule has 0 aromatic heterocycles. The molecule has 1 saturated heterocycles. The van der Waals surface area contributed by atoms with E-state index in [4.69, 9.17) is 0 Å². The summed E-state index contributed by atoms with van der Waals surface area (Å²) in [5.41, 5.74) is 5.84. The summed E-state index contributed by atoms with van der Waals surface area (Å²) in [6, 6.07) is 18.5. The Balaban J connectivity index is 1.51. The first-order valence-electron chi connectivity index (χ1n) is 10.6. The highest BCUT2D eigenvalue weighted by molar-refractivity contribution is 5.86. The Morgan fingerprint density at radius 2 is 1.87 bits per heavy atom. The molecule has 0 saturated carbocycles. The Bertz CT molecular complexity index is 849. The lowest BCUT2D eigenvalue weighted by Gasteiger charge is -2.23. The average molecular weight is 407 g/mol. The first-order valence-corrected chi connectivity index (χ1v) is 10.6. The molecule has 0 atom stereocenters. The summed E-state index contributed by atoms with van der Waals surface area (Å²) < 4.78 is 0. The number of carbonyl (C=O) groups excluding carboxylic acids is 2. The number of carbonyl (C=O) groups is 2. The smallest absolute Gasteiger partial charge is 0.259 e. The molecule has 158 valence electrons. The number of benzene rings is 2. The van der Waals surface area contributed by atoms with E-state index in [0.29, 0.717) is 13.0 Å². The van der Waals surface area contributed by atoms with Crippen LogP contribution in [0.15, 0.2) is 59.7 Å². The van der Waals surface area contributed by atoms with Crippen molar-refractivity contribution in [1.82, 2.24) is 10.3 Å². The molecule has 0 unspecified atom stereocenters. The molecule has 0 spiro atoms. The van der Waals surface area contributed by atoms with Crippen molar-refractivity contribution in [2.75, 3.05) is 24.5 Å². The zero-order valence-corrected chi connectivity index (χ0v) is 17.6.